The van der Waals surface area contributed by atoms with Gasteiger partial charge in [0.25, 0.3) is 0 Å². The molecular weight excluding hydrogens is 304 g/mol. The van der Waals surface area contributed by atoms with E-state index in [2.05, 4.69) is 0 Å². The molecule has 0 saturated carbocycles. The van der Waals surface area contributed by atoms with Gasteiger partial charge in [0.05, 0.1) is 0 Å². The lowest BCUT2D eigenvalue weighted by Crippen LogP contribution is -1.92. The fourth-order valence-electron chi connectivity index (χ4n) is 2.23. The van der Waals surface area contributed by atoms with E-state index >= 15 is 0 Å². The number of phenols is 4. The lowest BCUT2D eigenvalue weighted by Gasteiger charge is -2.06. The third-order valence-corrected chi connectivity index (χ3v) is 3.46. The van der Waals surface area contributed by atoms with Gasteiger partial charge in [-0.1, -0.05) is 42.5 Å². The Balaban J connectivity index is 0.000000219. The first-order chi connectivity index (χ1) is 11.6. The van der Waals surface area contributed by atoms with Crippen LogP contribution in [0.4, 0.5) is 0 Å². The summed E-state index contributed by atoms with van der Waals surface area (Å²) in [5.74, 6) is 0.502. The van der Waals surface area contributed by atoms with Crippen LogP contribution in [0, 0.1) is 0 Å². The molecular formula is C20H20O4. The van der Waals surface area contributed by atoms with Crippen molar-refractivity contribution in [3.63, 3.8) is 0 Å². The molecule has 3 aromatic carbocycles. The summed E-state index contributed by atoms with van der Waals surface area (Å²) in [7, 11) is 0. The first kappa shape index (κ1) is 17.2. The summed E-state index contributed by atoms with van der Waals surface area (Å²) in [6.07, 6.45) is 1.45. The molecule has 0 atom stereocenters. The number of hydrogen-bond donors (Lipinski definition) is 4. The maximum absolute atomic E-state index is 9.61. The first-order valence-corrected chi connectivity index (χ1v) is 7.58. The molecule has 124 valence electrons. The van der Waals surface area contributed by atoms with Gasteiger partial charge in [-0.2, -0.15) is 0 Å². The zero-order valence-electron chi connectivity index (χ0n) is 13.1. The molecule has 0 saturated heterocycles. The molecule has 3 aromatic rings. The second-order valence-corrected chi connectivity index (χ2v) is 5.28. The fourth-order valence-corrected chi connectivity index (χ4v) is 2.23. The molecule has 0 radical (unpaired) electrons. The van der Waals surface area contributed by atoms with Crippen LogP contribution in [0.5, 0.6) is 23.0 Å². The van der Waals surface area contributed by atoms with Gasteiger partial charge in [0, 0.05) is 11.6 Å². The molecule has 0 aliphatic heterocycles. The molecule has 0 bridgehead atoms. The van der Waals surface area contributed by atoms with Crippen LogP contribution in [0.2, 0.25) is 0 Å². The Hall–Kier alpha value is -3.14. The average Bonchev–Trinajstić information content (AvgIpc) is 2.56. The molecule has 3 rings (SSSR count). The SMILES string of the molecule is Oc1cccc(O)c1.Oc1cccc(O)c1CCc1ccccc1. The Morgan fingerprint density at radius 2 is 1.08 bits per heavy atom. The summed E-state index contributed by atoms with van der Waals surface area (Å²) < 4.78 is 0. The van der Waals surface area contributed by atoms with Crippen molar-refractivity contribution in [1.29, 1.82) is 0 Å². The van der Waals surface area contributed by atoms with Crippen LogP contribution < -0.4 is 0 Å². The average molecular weight is 324 g/mol. The van der Waals surface area contributed by atoms with E-state index in [9.17, 15) is 10.2 Å². The van der Waals surface area contributed by atoms with Gasteiger partial charge in [0.15, 0.2) is 0 Å². The van der Waals surface area contributed by atoms with E-state index in [1.165, 1.54) is 23.8 Å². The van der Waals surface area contributed by atoms with Gasteiger partial charge in [0.2, 0.25) is 0 Å². The lowest BCUT2D eigenvalue weighted by molar-refractivity contribution is 0.438. The zero-order chi connectivity index (χ0) is 17.4. The molecule has 0 unspecified atom stereocenters. The van der Waals surface area contributed by atoms with Gasteiger partial charge in [0.1, 0.15) is 23.0 Å². The van der Waals surface area contributed by atoms with Gasteiger partial charge in [-0.15, -0.1) is 0 Å². The number of benzene rings is 3. The molecule has 24 heavy (non-hydrogen) atoms. The highest BCUT2D eigenvalue weighted by molar-refractivity contribution is 5.43. The second-order valence-electron chi connectivity index (χ2n) is 5.28. The van der Waals surface area contributed by atoms with Crippen molar-refractivity contribution >= 4 is 0 Å². The minimum atomic E-state index is 0.0880. The van der Waals surface area contributed by atoms with Crippen LogP contribution in [0.3, 0.4) is 0 Å². The quantitative estimate of drug-likeness (QED) is 0.587. The standard InChI is InChI=1S/C14H14O2.C6H6O2/c15-13-7-4-8-14(16)12(13)10-9-11-5-2-1-3-6-11;7-5-2-1-3-6(8)4-5/h1-8,15-16H,9-10H2;1-4,7-8H. The van der Waals surface area contributed by atoms with Crippen LogP contribution in [0.1, 0.15) is 11.1 Å². The van der Waals surface area contributed by atoms with E-state index in [-0.39, 0.29) is 23.0 Å². The zero-order valence-corrected chi connectivity index (χ0v) is 13.1. The predicted octanol–water partition coefficient (Wildman–Crippen LogP) is 3.98. The van der Waals surface area contributed by atoms with E-state index in [0.717, 1.165) is 6.42 Å². The van der Waals surface area contributed by atoms with Crippen molar-refractivity contribution in [3.05, 3.63) is 83.9 Å². The van der Waals surface area contributed by atoms with E-state index in [0.29, 0.717) is 12.0 Å². The highest BCUT2D eigenvalue weighted by Gasteiger charge is 2.06. The number of rotatable bonds is 3. The molecule has 0 aromatic heterocycles. The van der Waals surface area contributed by atoms with Crippen LogP contribution in [-0.2, 0) is 12.8 Å². The lowest BCUT2D eigenvalue weighted by atomic mass is 10.0. The molecule has 0 heterocycles. The van der Waals surface area contributed by atoms with Crippen molar-refractivity contribution in [2.45, 2.75) is 12.8 Å². The molecule has 0 amide bonds. The summed E-state index contributed by atoms with van der Waals surface area (Å²) in [6, 6.07) is 20.7. The second kappa shape index (κ2) is 8.48. The monoisotopic (exact) mass is 324 g/mol. The summed E-state index contributed by atoms with van der Waals surface area (Å²) in [6.45, 7) is 0. The summed E-state index contributed by atoms with van der Waals surface area (Å²) in [5, 5.41) is 36.5. The van der Waals surface area contributed by atoms with E-state index in [4.69, 9.17) is 10.2 Å². The Bertz CT molecular complexity index is 732. The molecule has 4 N–H and O–H groups in total. The smallest absolute Gasteiger partial charge is 0.122 e. The maximum Gasteiger partial charge on any atom is 0.122 e. The summed E-state index contributed by atoms with van der Waals surface area (Å²) >= 11 is 0. The maximum atomic E-state index is 9.61. The summed E-state index contributed by atoms with van der Waals surface area (Å²) in [5.41, 5.74) is 1.82. The third-order valence-electron chi connectivity index (χ3n) is 3.46. The predicted molar refractivity (Wildman–Crippen MR) is 93.4 cm³/mol. The largest absolute Gasteiger partial charge is 0.508 e. The summed E-state index contributed by atoms with van der Waals surface area (Å²) in [4.78, 5) is 0. The minimum absolute atomic E-state index is 0.0880. The van der Waals surface area contributed by atoms with Crippen LogP contribution in [-0.4, -0.2) is 20.4 Å². The Morgan fingerprint density at radius 1 is 0.542 bits per heavy atom. The van der Waals surface area contributed by atoms with Gasteiger partial charge < -0.3 is 20.4 Å². The van der Waals surface area contributed by atoms with Gasteiger partial charge >= 0.3 is 0 Å². The van der Waals surface area contributed by atoms with Crippen molar-refractivity contribution in [3.8, 4) is 23.0 Å². The van der Waals surface area contributed by atoms with Crippen molar-refractivity contribution < 1.29 is 20.4 Å². The van der Waals surface area contributed by atoms with Crippen molar-refractivity contribution in [2.24, 2.45) is 0 Å². The Kier molecular flexibility index (Phi) is 6.08. The first-order valence-electron chi connectivity index (χ1n) is 7.58. The molecule has 0 fully saturated rings. The minimum Gasteiger partial charge on any atom is -0.508 e. The number of aryl methyl sites for hydroxylation is 1. The van der Waals surface area contributed by atoms with E-state index < -0.39 is 0 Å². The molecule has 0 aliphatic rings. The van der Waals surface area contributed by atoms with Crippen LogP contribution in [0.15, 0.2) is 72.8 Å². The van der Waals surface area contributed by atoms with E-state index in [1.54, 1.807) is 24.3 Å². The highest BCUT2D eigenvalue weighted by Crippen LogP contribution is 2.27. The molecule has 0 spiro atoms. The molecule has 4 nitrogen and oxygen atoms in total. The number of aromatic hydroxyl groups is 4. The number of hydrogen-bond acceptors (Lipinski definition) is 4. The van der Waals surface area contributed by atoms with Gasteiger partial charge in [-0.25, -0.2) is 0 Å². The van der Waals surface area contributed by atoms with E-state index in [1.807, 2.05) is 30.3 Å². The van der Waals surface area contributed by atoms with Gasteiger partial charge in [-0.05, 0) is 42.7 Å². The number of phenolic OH excluding ortho intramolecular Hbond substituents is 4. The highest BCUT2D eigenvalue weighted by atomic mass is 16.3. The van der Waals surface area contributed by atoms with Crippen LogP contribution in [0.25, 0.3) is 0 Å². The topological polar surface area (TPSA) is 80.9 Å². The Labute approximate surface area is 140 Å². The fraction of sp³-hybridized carbons (Fsp3) is 0.100. The molecule has 0 aliphatic carbocycles. The Morgan fingerprint density at radius 3 is 1.58 bits per heavy atom. The third kappa shape index (κ3) is 5.25. The van der Waals surface area contributed by atoms with Crippen LogP contribution >= 0.6 is 0 Å². The molecule has 4 heteroatoms. The van der Waals surface area contributed by atoms with Crippen molar-refractivity contribution in [1.82, 2.24) is 0 Å². The van der Waals surface area contributed by atoms with Crippen molar-refractivity contribution in [2.75, 3.05) is 0 Å². The van der Waals surface area contributed by atoms with Gasteiger partial charge in [-0.3, -0.25) is 0 Å². The normalized spacial score (nSPS) is 9.83.